The zero-order valence-electron chi connectivity index (χ0n) is 13.5. The number of nitrogens with one attached hydrogen (secondary N) is 1. The van der Waals surface area contributed by atoms with Gasteiger partial charge >= 0.3 is 11.3 Å². The molecule has 0 saturated carbocycles. The maximum absolute atomic E-state index is 12.3. The van der Waals surface area contributed by atoms with E-state index < -0.39 is 9.84 Å². The highest BCUT2D eigenvalue weighted by molar-refractivity contribution is 7.90. The van der Waals surface area contributed by atoms with Gasteiger partial charge in [-0.1, -0.05) is 22.8 Å². The van der Waals surface area contributed by atoms with E-state index in [4.69, 9.17) is 16.0 Å². The quantitative estimate of drug-likeness (QED) is 0.871. The van der Waals surface area contributed by atoms with E-state index in [1.54, 1.807) is 29.2 Å². The van der Waals surface area contributed by atoms with Gasteiger partial charge in [-0.25, -0.2) is 13.2 Å². The molecule has 1 N–H and O–H groups in total. The molecule has 0 spiro atoms. The molecule has 0 radical (unpaired) electrons. The number of likely N-dealkylation sites (tertiary alicyclic amines) is 1. The number of sulfone groups is 1. The highest BCUT2D eigenvalue weighted by Crippen LogP contribution is 2.28. The number of piperidine rings is 1. The second-order valence-corrected chi connectivity index (χ2v) is 8.21. The zero-order valence-corrected chi connectivity index (χ0v) is 15.0. The van der Waals surface area contributed by atoms with Crippen LogP contribution >= 0.6 is 11.6 Å². The van der Waals surface area contributed by atoms with Crippen molar-refractivity contribution in [3.05, 3.63) is 35.2 Å². The van der Waals surface area contributed by atoms with Gasteiger partial charge in [-0.15, -0.1) is 5.10 Å². The molecule has 1 fully saturated rings. The van der Waals surface area contributed by atoms with Crippen LogP contribution in [0.15, 0.2) is 33.9 Å². The summed E-state index contributed by atoms with van der Waals surface area (Å²) in [5, 5.41) is 10.4. The Balaban J connectivity index is 1.58. The standard InChI is InChI=1S/C15H17ClN4O4S/c1-25(22,23)15-19-18-13(24-15)10-5-7-20(8-6-10)14(21)17-12-4-2-3-11(16)9-12/h2-4,9-10H,5-8H2,1H3,(H,17,21). The predicted molar refractivity (Wildman–Crippen MR) is 91.4 cm³/mol. The smallest absolute Gasteiger partial charge is 0.335 e. The monoisotopic (exact) mass is 384 g/mol. The fourth-order valence-electron chi connectivity index (χ4n) is 2.63. The first kappa shape index (κ1) is 17.7. The van der Waals surface area contributed by atoms with Crippen LogP contribution in [0, 0.1) is 0 Å². The molecule has 25 heavy (non-hydrogen) atoms. The maximum Gasteiger partial charge on any atom is 0.335 e. The average Bonchev–Trinajstić information content (AvgIpc) is 3.05. The average molecular weight is 385 g/mol. The van der Waals surface area contributed by atoms with E-state index in [1.807, 2.05) is 0 Å². The van der Waals surface area contributed by atoms with Crippen molar-refractivity contribution in [3.63, 3.8) is 0 Å². The Morgan fingerprint density at radius 2 is 2.04 bits per heavy atom. The molecule has 2 amide bonds. The Kier molecular flexibility index (Phi) is 4.96. The number of carbonyl (C=O) groups is 1. The zero-order chi connectivity index (χ0) is 18.0. The normalized spacial score (nSPS) is 16.0. The molecule has 1 aromatic heterocycles. The van der Waals surface area contributed by atoms with Crippen molar-refractivity contribution in [2.45, 2.75) is 24.0 Å². The summed E-state index contributed by atoms with van der Waals surface area (Å²) in [6.45, 7) is 1.02. The van der Waals surface area contributed by atoms with E-state index in [0.29, 0.717) is 42.5 Å². The molecule has 0 aliphatic carbocycles. The molecule has 1 aliphatic rings. The number of hydrogen-bond acceptors (Lipinski definition) is 6. The van der Waals surface area contributed by atoms with Crippen molar-refractivity contribution in [1.29, 1.82) is 0 Å². The van der Waals surface area contributed by atoms with Crippen LogP contribution in [0.2, 0.25) is 5.02 Å². The molecule has 2 heterocycles. The molecule has 3 rings (SSSR count). The summed E-state index contributed by atoms with van der Waals surface area (Å²) in [6.07, 6.45) is 2.26. The van der Waals surface area contributed by atoms with Crippen molar-refractivity contribution in [2.24, 2.45) is 0 Å². The van der Waals surface area contributed by atoms with Crippen molar-refractivity contribution in [1.82, 2.24) is 15.1 Å². The van der Waals surface area contributed by atoms with Crippen LogP contribution in [-0.2, 0) is 9.84 Å². The molecule has 0 bridgehead atoms. The molecular weight excluding hydrogens is 368 g/mol. The highest BCUT2D eigenvalue weighted by Gasteiger charge is 2.28. The van der Waals surface area contributed by atoms with Crippen LogP contribution in [0.3, 0.4) is 0 Å². The Morgan fingerprint density at radius 1 is 1.32 bits per heavy atom. The molecule has 0 atom stereocenters. The van der Waals surface area contributed by atoms with Gasteiger partial charge in [0.15, 0.2) is 0 Å². The van der Waals surface area contributed by atoms with Gasteiger partial charge in [-0.05, 0) is 31.0 Å². The summed E-state index contributed by atoms with van der Waals surface area (Å²) in [4.78, 5) is 14.0. The lowest BCUT2D eigenvalue weighted by Gasteiger charge is -2.30. The molecule has 1 saturated heterocycles. The number of urea groups is 1. The summed E-state index contributed by atoms with van der Waals surface area (Å²) < 4.78 is 28.1. The van der Waals surface area contributed by atoms with Crippen LogP contribution in [0.4, 0.5) is 10.5 Å². The lowest BCUT2D eigenvalue weighted by atomic mass is 9.97. The number of carbonyl (C=O) groups excluding carboxylic acids is 1. The molecular formula is C15H17ClN4O4S. The molecule has 1 aromatic carbocycles. The first-order chi connectivity index (χ1) is 11.8. The van der Waals surface area contributed by atoms with Gasteiger partial charge in [0.25, 0.3) is 0 Å². The SMILES string of the molecule is CS(=O)(=O)c1nnc(C2CCN(C(=O)Nc3cccc(Cl)c3)CC2)o1. The summed E-state index contributed by atoms with van der Waals surface area (Å²) in [5.74, 6) is 0.244. The van der Waals surface area contributed by atoms with E-state index in [0.717, 1.165) is 6.26 Å². The second-order valence-electron chi connectivity index (χ2n) is 5.88. The minimum atomic E-state index is -3.51. The Morgan fingerprint density at radius 3 is 2.64 bits per heavy atom. The third kappa shape index (κ3) is 4.29. The lowest BCUT2D eigenvalue weighted by Crippen LogP contribution is -2.40. The van der Waals surface area contributed by atoms with Crippen LogP contribution in [-0.4, -0.2) is 48.9 Å². The number of halogens is 1. The highest BCUT2D eigenvalue weighted by atomic mass is 35.5. The van der Waals surface area contributed by atoms with Gasteiger partial charge in [0.05, 0.1) is 0 Å². The number of benzene rings is 1. The minimum absolute atomic E-state index is 0.0572. The number of amides is 2. The number of hydrogen-bond donors (Lipinski definition) is 1. The van der Waals surface area contributed by atoms with Crippen LogP contribution in [0.5, 0.6) is 0 Å². The number of rotatable bonds is 3. The van der Waals surface area contributed by atoms with Crippen LogP contribution < -0.4 is 5.32 Å². The second kappa shape index (κ2) is 7.01. The van der Waals surface area contributed by atoms with E-state index in [1.165, 1.54) is 0 Å². The molecule has 8 nitrogen and oxygen atoms in total. The molecule has 134 valence electrons. The number of nitrogens with zero attached hydrogens (tertiary/aromatic N) is 3. The topological polar surface area (TPSA) is 105 Å². The summed E-state index contributed by atoms with van der Waals surface area (Å²) >= 11 is 5.90. The third-order valence-corrected chi connectivity index (χ3v) is 4.98. The van der Waals surface area contributed by atoms with Gasteiger partial charge in [-0.3, -0.25) is 0 Å². The predicted octanol–water partition coefficient (Wildman–Crippen LogP) is 2.54. The first-order valence-electron chi connectivity index (χ1n) is 7.68. The largest absolute Gasteiger partial charge is 0.412 e. The maximum atomic E-state index is 12.3. The number of aromatic nitrogens is 2. The fourth-order valence-corrected chi connectivity index (χ4v) is 3.25. The molecule has 10 heteroatoms. The van der Waals surface area contributed by atoms with E-state index in [2.05, 4.69) is 15.5 Å². The Labute approximate surface area is 150 Å². The van der Waals surface area contributed by atoms with E-state index in [9.17, 15) is 13.2 Å². The van der Waals surface area contributed by atoms with Gasteiger partial charge < -0.3 is 14.6 Å². The Hall–Kier alpha value is -2.13. The lowest BCUT2D eigenvalue weighted by molar-refractivity contribution is 0.188. The molecule has 0 unspecified atom stereocenters. The van der Waals surface area contributed by atoms with E-state index >= 15 is 0 Å². The third-order valence-electron chi connectivity index (χ3n) is 3.95. The molecule has 2 aromatic rings. The van der Waals surface area contributed by atoms with Crippen LogP contribution in [0.25, 0.3) is 0 Å². The van der Waals surface area contributed by atoms with Gasteiger partial charge in [-0.2, -0.15) is 0 Å². The van der Waals surface area contributed by atoms with Gasteiger partial charge in [0, 0.05) is 36.0 Å². The Bertz CT molecular complexity index is 875. The number of anilines is 1. The van der Waals surface area contributed by atoms with Crippen LogP contribution in [0.1, 0.15) is 24.7 Å². The van der Waals surface area contributed by atoms with Crippen molar-refractivity contribution in [2.75, 3.05) is 24.7 Å². The van der Waals surface area contributed by atoms with Gasteiger partial charge in [0.1, 0.15) is 0 Å². The van der Waals surface area contributed by atoms with Crippen molar-refractivity contribution >= 4 is 33.2 Å². The summed E-state index contributed by atoms with van der Waals surface area (Å²) in [7, 11) is -3.51. The molecule has 1 aliphatic heterocycles. The fraction of sp³-hybridized carbons (Fsp3) is 0.400. The first-order valence-corrected chi connectivity index (χ1v) is 9.95. The van der Waals surface area contributed by atoms with Crippen molar-refractivity contribution in [3.8, 4) is 0 Å². The summed E-state index contributed by atoms with van der Waals surface area (Å²) in [5.41, 5.74) is 0.634. The summed E-state index contributed by atoms with van der Waals surface area (Å²) in [6, 6.07) is 6.74. The van der Waals surface area contributed by atoms with Gasteiger partial charge in [0.2, 0.25) is 15.7 Å². The van der Waals surface area contributed by atoms with Crippen molar-refractivity contribution < 1.29 is 17.6 Å². The minimum Gasteiger partial charge on any atom is -0.412 e. The van der Waals surface area contributed by atoms with E-state index in [-0.39, 0.29) is 17.2 Å².